The van der Waals surface area contributed by atoms with Gasteiger partial charge in [0.2, 0.25) is 0 Å². The Morgan fingerprint density at radius 1 is 1.71 bits per heavy atom. The fourth-order valence-electron chi connectivity index (χ4n) is 1.43. The van der Waals surface area contributed by atoms with E-state index in [1.165, 1.54) is 0 Å². The zero-order chi connectivity index (χ0) is 10.4. The molecule has 14 heavy (non-hydrogen) atoms. The van der Waals surface area contributed by atoms with Crippen LogP contribution in [0.4, 0.5) is 0 Å². The molecule has 3 nitrogen and oxygen atoms in total. The van der Waals surface area contributed by atoms with E-state index in [-0.39, 0.29) is 6.10 Å². The van der Waals surface area contributed by atoms with Crippen molar-refractivity contribution in [3.63, 3.8) is 0 Å². The van der Waals surface area contributed by atoms with E-state index in [9.17, 15) is 0 Å². The molecular weight excluding hydrogens is 176 g/mol. The van der Waals surface area contributed by atoms with Gasteiger partial charge in [0.25, 0.3) is 0 Å². The molecule has 3 N–H and O–H groups in total. The lowest BCUT2D eigenvalue weighted by Crippen LogP contribution is -2.23. The van der Waals surface area contributed by atoms with Gasteiger partial charge >= 0.3 is 0 Å². The Balaban J connectivity index is 2.22. The number of allylic oxidation sites excluding steroid dienone is 1. The van der Waals surface area contributed by atoms with Crippen LogP contribution in [0.15, 0.2) is 23.9 Å². The smallest absolute Gasteiger partial charge is 0.0798 e. The first kappa shape index (κ1) is 11.3. The van der Waals surface area contributed by atoms with Crippen LogP contribution >= 0.6 is 0 Å². The molecule has 0 radical (unpaired) electrons. The van der Waals surface area contributed by atoms with Gasteiger partial charge in [0.15, 0.2) is 0 Å². The lowest BCUT2D eigenvalue weighted by molar-refractivity contribution is 0.0213. The Kier molecular flexibility index (Phi) is 4.70. The average molecular weight is 196 g/mol. The SMILES string of the molecule is CNCCC(C)O[C@H]1C=CC(N)=CC1. The minimum atomic E-state index is 0.203. The molecule has 1 aliphatic rings. The third kappa shape index (κ3) is 3.94. The van der Waals surface area contributed by atoms with Gasteiger partial charge in [0, 0.05) is 5.70 Å². The highest BCUT2D eigenvalue weighted by atomic mass is 16.5. The molecule has 1 unspecified atom stereocenters. The van der Waals surface area contributed by atoms with Crippen LogP contribution in [0, 0.1) is 0 Å². The number of rotatable bonds is 5. The van der Waals surface area contributed by atoms with Crippen LogP contribution in [0.25, 0.3) is 0 Å². The summed E-state index contributed by atoms with van der Waals surface area (Å²) in [6.07, 6.45) is 8.39. The molecule has 0 aliphatic heterocycles. The molecule has 2 atom stereocenters. The molecule has 0 spiro atoms. The summed E-state index contributed by atoms with van der Waals surface area (Å²) in [5, 5.41) is 3.11. The molecule has 80 valence electrons. The van der Waals surface area contributed by atoms with E-state index in [0.29, 0.717) is 6.10 Å². The van der Waals surface area contributed by atoms with Crippen LogP contribution in [-0.4, -0.2) is 25.8 Å². The van der Waals surface area contributed by atoms with E-state index in [0.717, 1.165) is 25.1 Å². The van der Waals surface area contributed by atoms with Crippen molar-refractivity contribution in [1.29, 1.82) is 0 Å². The topological polar surface area (TPSA) is 47.3 Å². The van der Waals surface area contributed by atoms with Crippen molar-refractivity contribution in [3.8, 4) is 0 Å². The van der Waals surface area contributed by atoms with Crippen LogP contribution < -0.4 is 11.1 Å². The highest BCUT2D eigenvalue weighted by Gasteiger charge is 2.11. The highest BCUT2D eigenvalue weighted by molar-refractivity contribution is 5.21. The maximum Gasteiger partial charge on any atom is 0.0798 e. The molecule has 3 heteroatoms. The van der Waals surface area contributed by atoms with Crippen LogP contribution in [-0.2, 0) is 4.74 Å². The van der Waals surface area contributed by atoms with Gasteiger partial charge in [0.1, 0.15) is 0 Å². The van der Waals surface area contributed by atoms with Crippen molar-refractivity contribution in [2.45, 2.75) is 32.0 Å². The first-order valence-corrected chi connectivity index (χ1v) is 5.16. The van der Waals surface area contributed by atoms with Gasteiger partial charge in [-0.3, -0.25) is 0 Å². The molecule has 0 aromatic rings. The molecule has 0 bridgehead atoms. The molecule has 1 aliphatic carbocycles. The van der Waals surface area contributed by atoms with Crippen LogP contribution in [0.3, 0.4) is 0 Å². The van der Waals surface area contributed by atoms with E-state index in [1.807, 2.05) is 25.3 Å². The first-order chi connectivity index (χ1) is 6.72. The fraction of sp³-hybridized carbons (Fsp3) is 0.636. The molecule has 0 heterocycles. The van der Waals surface area contributed by atoms with Crippen molar-refractivity contribution >= 4 is 0 Å². The second-order valence-electron chi connectivity index (χ2n) is 3.68. The maximum atomic E-state index is 5.81. The van der Waals surface area contributed by atoms with Crippen LogP contribution in [0.1, 0.15) is 19.8 Å². The molecule has 0 saturated heterocycles. The Hall–Kier alpha value is -0.800. The third-order valence-electron chi connectivity index (χ3n) is 2.30. The normalized spacial score (nSPS) is 23.3. The summed E-state index contributed by atoms with van der Waals surface area (Å²) >= 11 is 0. The summed E-state index contributed by atoms with van der Waals surface area (Å²) in [5.41, 5.74) is 6.46. The van der Waals surface area contributed by atoms with E-state index in [1.54, 1.807) is 0 Å². The summed E-state index contributed by atoms with van der Waals surface area (Å²) in [7, 11) is 1.96. The molecule has 1 rings (SSSR count). The number of nitrogens with one attached hydrogen (secondary N) is 1. The number of hydrogen-bond donors (Lipinski definition) is 2. The Bertz CT molecular complexity index is 223. The summed E-state index contributed by atoms with van der Waals surface area (Å²) in [5.74, 6) is 0. The predicted octanol–water partition coefficient (Wildman–Crippen LogP) is 1.17. The lowest BCUT2D eigenvalue weighted by Gasteiger charge is -2.20. The van der Waals surface area contributed by atoms with Crippen molar-refractivity contribution in [2.75, 3.05) is 13.6 Å². The molecule has 0 saturated carbocycles. The van der Waals surface area contributed by atoms with Gasteiger partial charge in [-0.1, -0.05) is 12.2 Å². The number of ether oxygens (including phenoxy) is 1. The maximum absolute atomic E-state index is 5.81. The second-order valence-corrected chi connectivity index (χ2v) is 3.68. The molecule has 0 aromatic heterocycles. The minimum Gasteiger partial charge on any atom is -0.399 e. The Morgan fingerprint density at radius 3 is 3.07 bits per heavy atom. The van der Waals surface area contributed by atoms with Crippen LogP contribution in [0.2, 0.25) is 0 Å². The summed E-state index contributed by atoms with van der Waals surface area (Å²) in [6, 6.07) is 0. The van der Waals surface area contributed by atoms with E-state index in [4.69, 9.17) is 10.5 Å². The van der Waals surface area contributed by atoms with Gasteiger partial charge in [-0.05, 0) is 39.4 Å². The summed E-state index contributed by atoms with van der Waals surface area (Å²) in [6.45, 7) is 3.10. The van der Waals surface area contributed by atoms with Crippen LogP contribution in [0.5, 0.6) is 0 Å². The van der Waals surface area contributed by atoms with Crippen molar-refractivity contribution in [1.82, 2.24) is 5.32 Å². The molecule has 0 aromatic carbocycles. The van der Waals surface area contributed by atoms with E-state index >= 15 is 0 Å². The Labute approximate surface area is 86.0 Å². The fourth-order valence-corrected chi connectivity index (χ4v) is 1.43. The molecule has 0 fully saturated rings. The zero-order valence-electron chi connectivity index (χ0n) is 8.99. The van der Waals surface area contributed by atoms with Crippen molar-refractivity contribution in [3.05, 3.63) is 23.9 Å². The van der Waals surface area contributed by atoms with Crippen molar-refractivity contribution in [2.24, 2.45) is 5.73 Å². The quantitative estimate of drug-likeness (QED) is 0.694. The van der Waals surface area contributed by atoms with Gasteiger partial charge in [-0.2, -0.15) is 0 Å². The van der Waals surface area contributed by atoms with Gasteiger partial charge in [0.05, 0.1) is 12.2 Å². The van der Waals surface area contributed by atoms with Gasteiger partial charge < -0.3 is 15.8 Å². The van der Waals surface area contributed by atoms with Gasteiger partial charge in [-0.15, -0.1) is 0 Å². The second kappa shape index (κ2) is 5.83. The first-order valence-electron chi connectivity index (χ1n) is 5.16. The van der Waals surface area contributed by atoms with E-state index < -0.39 is 0 Å². The summed E-state index contributed by atoms with van der Waals surface area (Å²) < 4.78 is 5.81. The monoisotopic (exact) mass is 196 g/mol. The largest absolute Gasteiger partial charge is 0.399 e. The standard InChI is InChI=1S/C11H20N2O/c1-9(7-8-13-2)14-11-5-3-10(12)4-6-11/h3-5,9,11,13H,6-8,12H2,1-2H3/t9?,11-/m0/s1. The van der Waals surface area contributed by atoms with Crippen molar-refractivity contribution < 1.29 is 4.74 Å². The summed E-state index contributed by atoms with van der Waals surface area (Å²) in [4.78, 5) is 0. The number of hydrogen-bond acceptors (Lipinski definition) is 3. The van der Waals surface area contributed by atoms with Gasteiger partial charge in [-0.25, -0.2) is 0 Å². The average Bonchev–Trinajstić information content (AvgIpc) is 2.18. The number of nitrogens with two attached hydrogens (primary N) is 1. The molecular formula is C11H20N2O. The van der Waals surface area contributed by atoms with E-state index in [2.05, 4.69) is 12.2 Å². The third-order valence-corrected chi connectivity index (χ3v) is 2.30. The predicted molar refractivity (Wildman–Crippen MR) is 58.9 cm³/mol. The highest BCUT2D eigenvalue weighted by Crippen LogP contribution is 2.13. The minimum absolute atomic E-state index is 0.203. The molecule has 0 amide bonds. The lowest BCUT2D eigenvalue weighted by atomic mass is 10.1. The Morgan fingerprint density at radius 2 is 2.50 bits per heavy atom. The zero-order valence-corrected chi connectivity index (χ0v) is 8.99.